The first kappa shape index (κ1) is 21.8. The Kier molecular flexibility index (Phi) is 7.72. The molecule has 3 rings (SSSR count). The Bertz CT molecular complexity index is 964. The van der Waals surface area contributed by atoms with E-state index in [9.17, 15) is 9.59 Å². The molecule has 0 radical (unpaired) electrons. The lowest BCUT2D eigenvalue weighted by atomic mass is 10.2. The summed E-state index contributed by atoms with van der Waals surface area (Å²) in [6, 6.07) is 15.0. The molecule has 0 atom stereocenters. The number of nitrogens with zero attached hydrogens (tertiary/aromatic N) is 1. The zero-order chi connectivity index (χ0) is 20.8. The lowest BCUT2D eigenvalue weighted by Gasteiger charge is -2.14. The molecule has 1 N–H and O–H groups in total. The second kappa shape index (κ2) is 10.3. The molecule has 1 aliphatic heterocycles. The molecule has 1 fully saturated rings. The predicted molar refractivity (Wildman–Crippen MR) is 124 cm³/mol. The topological polar surface area (TPSA) is 49.4 Å². The Morgan fingerprint density at radius 1 is 1.14 bits per heavy atom. The number of nitrogens with one attached hydrogen (secondary N) is 1. The van der Waals surface area contributed by atoms with Crippen LogP contribution in [0, 0.1) is 0 Å². The zero-order valence-electron chi connectivity index (χ0n) is 15.4. The number of thioether (sulfide) groups is 1. The zero-order valence-corrected chi connectivity index (χ0v) is 18.5. The maximum atomic E-state index is 12.7. The summed E-state index contributed by atoms with van der Waals surface area (Å²) < 4.78 is 0.476. The van der Waals surface area contributed by atoms with E-state index in [-0.39, 0.29) is 11.8 Å². The van der Waals surface area contributed by atoms with Gasteiger partial charge in [-0.05, 0) is 29.7 Å². The second-order valence-corrected chi connectivity index (χ2v) is 8.80. The van der Waals surface area contributed by atoms with Gasteiger partial charge in [-0.15, -0.1) is 0 Å². The van der Waals surface area contributed by atoms with E-state index in [1.807, 2.05) is 30.3 Å². The molecule has 0 aromatic heterocycles. The molecule has 0 bridgehead atoms. The highest BCUT2D eigenvalue weighted by Gasteiger charge is 2.31. The molecule has 150 valence electrons. The van der Waals surface area contributed by atoms with Crippen LogP contribution in [0.1, 0.15) is 24.0 Å². The largest absolute Gasteiger partial charge is 0.352 e. The van der Waals surface area contributed by atoms with Crippen molar-refractivity contribution in [2.24, 2.45) is 0 Å². The molecule has 2 amide bonds. The van der Waals surface area contributed by atoms with Crippen LogP contribution in [-0.4, -0.2) is 27.6 Å². The summed E-state index contributed by atoms with van der Waals surface area (Å²) in [5.41, 5.74) is 1.71. The van der Waals surface area contributed by atoms with Gasteiger partial charge in [-0.1, -0.05) is 89.6 Å². The first-order chi connectivity index (χ1) is 14.0. The van der Waals surface area contributed by atoms with Crippen molar-refractivity contribution < 1.29 is 9.59 Å². The second-order valence-electron chi connectivity index (χ2n) is 6.34. The van der Waals surface area contributed by atoms with E-state index in [2.05, 4.69) is 5.32 Å². The molecule has 29 heavy (non-hydrogen) atoms. The van der Waals surface area contributed by atoms with Crippen molar-refractivity contribution in [3.8, 4) is 0 Å². The van der Waals surface area contributed by atoms with Crippen molar-refractivity contribution in [1.29, 1.82) is 0 Å². The summed E-state index contributed by atoms with van der Waals surface area (Å²) in [5.74, 6) is -0.235. The number of amides is 2. The molecule has 2 aromatic carbocycles. The highest BCUT2D eigenvalue weighted by Crippen LogP contribution is 2.35. The molecule has 0 unspecified atom stereocenters. The van der Waals surface area contributed by atoms with Gasteiger partial charge >= 0.3 is 0 Å². The van der Waals surface area contributed by atoms with E-state index in [0.29, 0.717) is 50.8 Å². The SMILES string of the molecule is O=C(CCCN1C(=O)/C(=C/c2cccc(Cl)c2Cl)SC1=S)NCc1ccccc1. The van der Waals surface area contributed by atoms with E-state index < -0.39 is 0 Å². The Morgan fingerprint density at radius 3 is 2.66 bits per heavy atom. The number of carbonyl (C=O) groups excluding carboxylic acids is 2. The molecule has 0 saturated carbocycles. The fraction of sp³-hybridized carbons (Fsp3) is 0.190. The number of benzene rings is 2. The Hall–Kier alpha value is -1.86. The molecule has 1 aliphatic rings. The third kappa shape index (κ3) is 5.82. The van der Waals surface area contributed by atoms with Crippen LogP contribution in [0.2, 0.25) is 10.0 Å². The molecular weight excluding hydrogens is 447 g/mol. The third-order valence-electron chi connectivity index (χ3n) is 4.26. The quantitative estimate of drug-likeness (QED) is 0.446. The molecule has 4 nitrogen and oxygen atoms in total. The van der Waals surface area contributed by atoms with Crippen LogP contribution < -0.4 is 5.32 Å². The number of carbonyl (C=O) groups is 2. The van der Waals surface area contributed by atoms with Gasteiger partial charge in [-0.25, -0.2) is 0 Å². The van der Waals surface area contributed by atoms with E-state index in [1.165, 1.54) is 16.7 Å². The molecular formula is C21H18Cl2N2O2S2. The first-order valence-electron chi connectivity index (χ1n) is 8.95. The lowest BCUT2D eigenvalue weighted by Crippen LogP contribution is -2.30. The van der Waals surface area contributed by atoms with Crippen LogP contribution >= 0.6 is 47.2 Å². The Labute approximate surface area is 189 Å². The number of halogens is 2. The average Bonchev–Trinajstić information content (AvgIpc) is 2.98. The standard InChI is InChI=1S/C21H18Cl2N2O2S2/c22-16-9-4-8-15(19(16)23)12-17-20(27)25(21(28)29-17)11-5-10-18(26)24-13-14-6-2-1-3-7-14/h1-4,6-9,12H,5,10-11,13H2,(H,24,26)/b17-12-. The van der Waals surface area contributed by atoms with Gasteiger partial charge in [0.2, 0.25) is 5.91 Å². The van der Waals surface area contributed by atoms with Gasteiger partial charge in [0.05, 0.1) is 15.0 Å². The summed E-state index contributed by atoms with van der Waals surface area (Å²) in [6.07, 6.45) is 2.54. The van der Waals surface area contributed by atoms with Crippen molar-refractivity contribution in [2.45, 2.75) is 19.4 Å². The van der Waals surface area contributed by atoms with E-state index in [1.54, 1.807) is 24.3 Å². The molecule has 1 saturated heterocycles. The van der Waals surface area contributed by atoms with Crippen LogP contribution in [0.25, 0.3) is 6.08 Å². The minimum Gasteiger partial charge on any atom is -0.352 e. The van der Waals surface area contributed by atoms with Crippen LogP contribution in [0.4, 0.5) is 0 Å². The minimum atomic E-state index is -0.180. The molecule has 1 heterocycles. The predicted octanol–water partition coefficient (Wildman–Crippen LogP) is 5.29. The number of thiocarbonyl (C=S) groups is 1. The van der Waals surface area contributed by atoms with Gasteiger partial charge in [0, 0.05) is 19.5 Å². The lowest BCUT2D eigenvalue weighted by molar-refractivity contribution is -0.124. The van der Waals surface area contributed by atoms with Gasteiger partial charge in [0.1, 0.15) is 4.32 Å². The van der Waals surface area contributed by atoms with Crippen molar-refractivity contribution in [3.63, 3.8) is 0 Å². The first-order valence-corrected chi connectivity index (χ1v) is 10.9. The van der Waals surface area contributed by atoms with Crippen LogP contribution in [-0.2, 0) is 16.1 Å². The van der Waals surface area contributed by atoms with Crippen LogP contribution in [0.3, 0.4) is 0 Å². The monoisotopic (exact) mass is 464 g/mol. The summed E-state index contributed by atoms with van der Waals surface area (Å²) in [6.45, 7) is 0.883. The van der Waals surface area contributed by atoms with Gasteiger partial charge in [0.25, 0.3) is 5.91 Å². The van der Waals surface area contributed by atoms with Crippen molar-refractivity contribution >= 4 is 69.4 Å². The van der Waals surface area contributed by atoms with Gasteiger partial charge in [-0.3, -0.25) is 14.5 Å². The third-order valence-corrected chi connectivity index (χ3v) is 6.47. The summed E-state index contributed by atoms with van der Waals surface area (Å²) in [7, 11) is 0. The van der Waals surface area contributed by atoms with Crippen LogP contribution in [0.15, 0.2) is 53.4 Å². The molecule has 8 heteroatoms. The van der Waals surface area contributed by atoms with Gasteiger partial charge in [-0.2, -0.15) is 0 Å². The number of hydrogen-bond acceptors (Lipinski definition) is 4. The Morgan fingerprint density at radius 2 is 1.90 bits per heavy atom. The highest BCUT2D eigenvalue weighted by atomic mass is 35.5. The Balaban J connectivity index is 1.52. The average molecular weight is 465 g/mol. The van der Waals surface area contributed by atoms with E-state index >= 15 is 0 Å². The van der Waals surface area contributed by atoms with Crippen molar-refractivity contribution in [3.05, 3.63) is 74.6 Å². The highest BCUT2D eigenvalue weighted by molar-refractivity contribution is 8.26. The smallest absolute Gasteiger partial charge is 0.266 e. The van der Waals surface area contributed by atoms with Gasteiger partial charge in [0.15, 0.2) is 0 Å². The van der Waals surface area contributed by atoms with Crippen molar-refractivity contribution in [1.82, 2.24) is 10.2 Å². The summed E-state index contributed by atoms with van der Waals surface area (Å²) >= 11 is 18.8. The van der Waals surface area contributed by atoms with Crippen molar-refractivity contribution in [2.75, 3.05) is 6.54 Å². The number of rotatable bonds is 7. The number of hydrogen-bond donors (Lipinski definition) is 1. The minimum absolute atomic E-state index is 0.0551. The van der Waals surface area contributed by atoms with E-state index in [4.69, 9.17) is 35.4 Å². The maximum Gasteiger partial charge on any atom is 0.266 e. The van der Waals surface area contributed by atoms with E-state index in [0.717, 1.165) is 5.56 Å². The molecule has 0 spiro atoms. The normalized spacial score (nSPS) is 15.2. The maximum absolute atomic E-state index is 12.7. The fourth-order valence-electron chi connectivity index (χ4n) is 2.75. The fourth-order valence-corrected chi connectivity index (χ4v) is 4.41. The summed E-state index contributed by atoms with van der Waals surface area (Å²) in [4.78, 5) is 26.7. The molecule has 0 aliphatic carbocycles. The van der Waals surface area contributed by atoms with Gasteiger partial charge < -0.3 is 5.32 Å². The molecule has 2 aromatic rings. The summed E-state index contributed by atoms with van der Waals surface area (Å²) in [5, 5.41) is 3.71. The van der Waals surface area contributed by atoms with Crippen LogP contribution in [0.5, 0.6) is 0 Å².